The molecule has 4 rings (SSSR count). The molecule has 4 aliphatic rings. The number of hydrogen-bond donors (Lipinski definition) is 3. The van der Waals surface area contributed by atoms with Gasteiger partial charge >= 0.3 is 0 Å². The molecule has 0 radical (unpaired) electrons. The summed E-state index contributed by atoms with van der Waals surface area (Å²) in [5, 5.41) is 22.3. The maximum Gasteiger partial charge on any atom is 0.216 e. The molecule has 0 aromatic heterocycles. The molecule has 5 nitrogen and oxygen atoms in total. The first-order valence-electron chi connectivity index (χ1n) is 14.5. The summed E-state index contributed by atoms with van der Waals surface area (Å²) >= 11 is 0. The highest BCUT2D eigenvalue weighted by Crippen LogP contribution is 2.69. The Kier molecular flexibility index (Phi) is 7.59. The molecule has 4 fully saturated rings. The second-order valence-electron chi connectivity index (χ2n) is 14.4. The Morgan fingerprint density at radius 3 is 2.23 bits per heavy atom. The van der Waals surface area contributed by atoms with E-state index in [4.69, 9.17) is 0 Å². The summed E-state index contributed by atoms with van der Waals surface area (Å²) in [5.41, 5.74) is 0.459. The molecule has 0 aliphatic heterocycles. The van der Waals surface area contributed by atoms with Crippen molar-refractivity contribution in [1.29, 1.82) is 0 Å². The second kappa shape index (κ2) is 9.54. The van der Waals surface area contributed by atoms with Gasteiger partial charge in [-0.3, -0.25) is 0 Å². The van der Waals surface area contributed by atoms with Gasteiger partial charge in [0.1, 0.15) is 0 Å². The zero-order chi connectivity index (χ0) is 26.0. The van der Waals surface area contributed by atoms with Crippen LogP contribution in [0.25, 0.3) is 0 Å². The van der Waals surface area contributed by atoms with Gasteiger partial charge in [0.25, 0.3) is 0 Å². The molecule has 0 heterocycles. The highest BCUT2D eigenvalue weighted by molar-refractivity contribution is 7.90. The van der Waals surface area contributed by atoms with Crippen LogP contribution in [0.15, 0.2) is 0 Å². The topological polar surface area (TPSA) is 86.6 Å². The Morgan fingerprint density at radius 1 is 0.971 bits per heavy atom. The molecule has 0 aromatic carbocycles. The number of aliphatic hydroxyl groups is 2. The van der Waals surface area contributed by atoms with Crippen LogP contribution in [0.1, 0.15) is 106 Å². The van der Waals surface area contributed by atoms with Gasteiger partial charge in [-0.05, 0) is 124 Å². The Morgan fingerprint density at radius 2 is 1.60 bits per heavy atom. The predicted octanol–water partition coefficient (Wildman–Crippen LogP) is 5.36. The molecule has 204 valence electrons. The second-order valence-corrected chi connectivity index (χ2v) is 16.9. The summed E-state index contributed by atoms with van der Waals surface area (Å²) in [4.78, 5) is 0. The number of sulfonamides is 1. The first-order valence-corrected chi connectivity index (χ1v) is 16.0. The largest absolute Gasteiger partial charge is 0.393 e. The van der Waals surface area contributed by atoms with Gasteiger partial charge in [-0.1, -0.05) is 34.1 Å². The summed E-state index contributed by atoms with van der Waals surface area (Å²) in [6, 6.07) is 0. The lowest BCUT2D eigenvalue weighted by Crippen LogP contribution is -2.62. The molecule has 0 amide bonds. The molecule has 0 spiro atoms. The van der Waals surface area contributed by atoms with Gasteiger partial charge in [-0.25, -0.2) is 13.1 Å². The number of fused-ring (bicyclic) bond motifs is 5. The van der Waals surface area contributed by atoms with E-state index in [1.165, 1.54) is 25.7 Å². The zero-order valence-electron chi connectivity index (χ0n) is 23.4. The predicted molar refractivity (Wildman–Crippen MR) is 142 cm³/mol. The van der Waals surface area contributed by atoms with Crippen LogP contribution in [-0.2, 0) is 10.0 Å². The van der Waals surface area contributed by atoms with Crippen LogP contribution in [0.4, 0.5) is 0 Å². The van der Waals surface area contributed by atoms with Gasteiger partial charge < -0.3 is 10.2 Å². The van der Waals surface area contributed by atoms with E-state index in [0.29, 0.717) is 48.0 Å². The summed E-state index contributed by atoms with van der Waals surface area (Å²) in [5.74, 6) is 3.24. The third kappa shape index (κ3) is 4.55. The van der Waals surface area contributed by atoms with E-state index in [9.17, 15) is 18.6 Å². The van der Waals surface area contributed by atoms with Crippen molar-refractivity contribution in [3.63, 3.8) is 0 Å². The molecule has 6 heteroatoms. The minimum Gasteiger partial charge on any atom is -0.393 e. The maximum atomic E-state index is 12.5. The monoisotopic (exact) mass is 511 g/mol. The molecule has 0 aromatic rings. The van der Waals surface area contributed by atoms with Crippen molar-refractivity contribution in [2.24, 2.45) is 52.3 Å². The Bertz CT molecular complexity index is 868. The Labute approximate surface area is 215 Å². The molecular formula is C29H53NO4S. The van der Waals surface area contributed by atoms with Crippen molar-refractivity contribution < 1.29 is 18.6 Å². The average Bonchev–Trinajstić information content (AvgIpc) is 3.11. The molecule has 4 saturated carbocycles. The van der Waals surface area contributed by atoms with E-state index in [1.807, 2.05) is 0 Å². The summed E-state index contributed by atoms with van der Waals surface area (Å²) < 4.78 is 27.1. The smallest absolute Gasteiger partial charge is 0.216 e. The number of hydrogen-bond acceptors (Lipinski definition) is 4. The molecule has 3 N–H and O–H groups in total. The van der Waals surface area contributed by atoms with Crippen LogP contribution in [0.5, 0.6) is 0 Å². The zero-order valence-corrected chi connectivity index (χ0v) is 24.2. The van der Waals surface area contributed by atoms with Crippen LogP contribution in [0.2, 0.25) is 0 Å². The number of nitrogens with one attached hydrogen (secondary N) is 1. The first-order chi connectivity index (χ1) is 16.2. The van der Waals surface area contributed by atoms with Crippen molar-refractivity contribution in [2.45, 2.75) is 123 Å². The number of rotatable bonds is 6. The molecule has 35 heavy (non-hydrogen) atoms. The third-order valence-electron chi connectivity index (χ3n) is 11.8. The van der Waals surface area contributed by atoms with Gasteiger partial charge in [0.05, 0.1) is 17.0 Å². The van der Waals surface area contributed by atoms with E-state index in [-0.39, 0.29) is 23.0 Å². The molecular weight excluding hydrogens is 458 g/mol. The van der Waals surface area contributed by atoms with Gasteiger partial charge in [0.15, 0.2) is 0 Å². The normalized spacial score (nSPS) is 47.0. The molecule has 4 aliphatic carbocycles. The SMILES string of the molecule is CC[C@H]1[C@@H](O)C2C(CC[C@]3(C)[C@@H]([C@H](C)CCNS(=O)(=O)C(C)(C)C)CC[C@@H]23)[C@@]2(C)CC[C@@H](O)C[C@@H]12. The average molecular weight is 512 g/mol. The van der Waals surface area contributed by atoms with Gasteiger partial charge in [-0.2, -0.15) is 0 Å². The third-order valence-corrected chi connectivity index (χ3v) is 14.0. The van der Waals surface area contributed by atoms with Crippen molar-refractivity contribution in [1.82, 2.24) is 4.72 Å². The fourth-order valence-corrected chi connectivity index (χ4v) is 10.6. The molecule has 0 bridgehead atoms. The van der Waals surface area contributed by atoms with Crippen molar-refractivity contribution in [2.75, 3.05) is 6.54 Å². The molecule has 11 atom stereocenters. The van der Waals surface area contributed by atoms with Crippen LogP contribution in [0, 0.1) is 52.3 Å². The van der Waals surface area contributed by atoms with Crippen molar-refractivity contribution in [3.8, 4) is 0 Å². The first kappa shape index (κ1) is 27.9. The van der Waals surface area contributed by atoms with Crippen LogP contribution in [-0.4, -0.2) is 42.1 Å². The van der Waals surface area contributed by atoms with Gasteiger partial charge in [-0.15, -0.1) is 0 Å². The van der Waals surface area contributed by atoms with Crippen molar-refractivity contribution >= 4 is 10.0 Å². The van der Waals surface area contributed by atoms with Gasteiger partial charge in [0.2, 0.25) is 10.0 Å². The lowest BCUT2D eigenvalue weighted by molar-refractivity contribution is -0.203. The maximum absolute atomic E-state index is 12.5. The summed E-state index contributed by atoms with van der Waals surface area (Å²) in [6.45, 7) is 15.3. The van der Waals surface area contributed by atoms with Crippen LogP contribution >= 0.6 is 0 Å². The lowest BCUT2D eigenvalue weighted by atomic mass is 9.41. The van der Waals surface area contributed by atoms with Crippen LogP contribution in [0.3, 0.4) is 0 Å². The molecule has 0 saturated heterocycles. The minimum absolute atomic E-state index is 0.202. The molecule has 2 unspecified atom stereocenters. The van der Waals surface area contributed by atoms with E-state index in [0.717, 1.165) is 32.1 Å². The fourth-order valence-electron chi connectivity index (χ4n) is 9.77. The fraction of sp³-hybridized carbons (Fsp3) is 1.00. The quantitative estimate of drug-likeness (QED) is 0.448. The number of aliphatic hydroxyl groups excluding tert-OH is 2. The standard InChI is InChI=1S/C29H53NO4S/c1-8-20-24-17-19(31)11-14-29(24,7)23-12-15-28(6)21(9-10-22(28)25(23)26(20)32)18(2)13-16-30-35(33,34)27(3,4)5/h18-26,30-32H,8-17H2,1-7H3/t18-,19-,20-,21-,22+,23?,24+,25?,26-,28-,29-/m1/s1. The highest BCUT2D eigenvalue weighted by Gasteiger charge is 2.64. The lowest BCUT2D eigenvalue weighted by Gasteiger charge is -2.64. The van der Waals surface area contributed by atoms with Crippen molar-refractivity contribution in [3.05, 3.63) is 0 Å². The minimum atomic E-state index is -3.31. The Balaban J connectivity index is 1.51. The van der Waals surface area contributed by atoms with E-state index < -0.39 is 14.8 Å². The summed E-state index contributed by atoms with van der Waals surface area (Å²) in [6.07, 6.45) is 9.07. The van der Waals surface area contributed by atoms with E-state index in [2.05, 4.69) is 32.4 Å². The van der Waals surface area contributed by atoms with Gasteiger partial charge in [0, 0.05) is 6.54 Å². The van der Waals surface area contributed by atoms with E-state index in [1.54, 1.807) is 20.8 Å². The summed E-state index contributed by atoms with van der Waals surface area (Å²) in [7, 11) is -3.31. The van der Waals surface area contributed by atoms with Crippen LogP contribution < -0.4 is 4.72 Å². The Hall–Kier alpha value is -0.170. The van der Waals surface area contributed by atoms with E-state index >= 15 is 0 Å². The highest BCUT2D eigenvalue weighted by atomic mass is 32.2.